The van der Waals surface area contributed by atoms with E-state index in [0.29, 0.717) is 4.68 Å². The van der Waals surface area contributed by atoms with Crippen LogP contribution in [0.15, 0.2) is 11.0 Å². The van der Waals surface area contributed by atoms with Crippen molar-refractivity contribution in [1.29, 1.82) is 5.26 Å². The zero-order chi connectivity index (χ0) is 12.3. The summed E-state index contributed by atoms with van der Waals surface area (Å²) in [6.45, 7) is 1.78. The monoisotopic (exact) mass is 222 g/mol. The molecular weight excluding hydrogens is 212 g/mol. The lowest BCUT2D eigenvalue weighted by Gasteiger charge is -2.08. The van der Waals surface area contributed by atoms with E-state index in [1.807, 2.05) is 0 Å². The highest BCUT2D eigenvalue weighted by Gasteiger charge is 2.18. The first kappa shape index (κ1) is 11.6. The Bertz CT molecular complexity index is 527. The Morgan fingerprint density at radius 3 is 2.81 bits per heavy atom. The number of aromatic nitrogens is 1. The zero-order valence-corrected chi connectivity index (χ0v) is 8.56. The van der Waals surface area contributed by atoms with Gasteiger partial charge in [0.05, 0.1) is 12.3 Å². The van der Waals surface area contributed by atoms with Crippen molar-refractivity contribution in [2.45, 2.75) is 6.92 Å². The molecule has 0 radical (unpaired) electrons. The molecule has 0 fully saturated rings. The number of hydrogen-bond acceptors (Lipinski definition) is 6. The summed E-state index contributed by atoms with van der Waals surface area (Å²) >= 11 is 0. The first-order chi connectivity index (χ1) is 7.52. The van der Waals surface area contributed by atoms with Gasteiger partial charge in [0.2, 0.25) is 0 Å². The van der Waals surface area contributed by atoms with Gasteiger partial charge in [-0.05, 0) is 6.92 Å². The topological polar surface area (TPSA) is 124 Å². The van der Waals surface area contributed by atoms with E-state index in [9.17, 15) is 9.59 Å². The molecule has 1 aromatic heterocycles. The number of carbonyl (C=O) groups is 1. The van der Waals surface area contributed by atoms with E-state index < -0.39 is 11.5 Å². The molecule has 0 aliphatic heterocycles. The maximum Gasteiger partial charge on any atom is 0.341 e. The summed E-state index contributed by atoms with van der Waals surface area (Å²) in [6.07, 6.45) is 1.04. The summed E-state index contributed by atoms with van der Waals surface area (Å²) in [7, 11) is 0. The molecule has 16 heavy (non-hydrogen) atoms. The number of nitrogens with two attached hydrogens (primary N) is 2. The second-order valence-corrected chi connectivity index (χ2v) is 2.88. The highest BCUT2D eigenvalue weighted by Crippen LogP contribution is 2.13. The first-order valence-electron chi connectivity index (χ1n) is 4.40. The van der Waals surface area contributed by atoms with Crippen molar-refractivity contribution in [1.82, 2.24) is 4.68 Å². The van der Waals surface area contributed by atoms with E-state index in [2.05, 4.69) is 0 Å². The summed E-state index contributed by atoms with van der Waals surface area (Å²) in [5, 5.41) is 8.71. The van der Waals surface area contributed by atoms with Gasteiger partial charge in [-0.3, -0.25) is 4.79 Å². The molecule has 0 aromatic carbocycles. The van der Waals surface area contributed by atoms with E-state index in [4.69, 9.17) is 21.6 Å². The fourth-order valence-corrected chi connectivity index (χ4v) is 1.13. The van der Waals surface area contributed by atoms with Crippen molar-refractivity contribution in [3.63, 3.8) is 0 Å². The lowest BCUT2D eigenvalue weighted by molar-refractivity contribution is 0.0526. The SMILES string of the molecule is CCOC(=O)c1cn(N)c(=O)c(C#N)c1N. The van der Waals surface area contributed by atoms with Gasteiger partial charge in [0.1, 0.15) is 17.2 Å². The number of rotatable bonds is 2. The van der Waals surface area contributed by atoms with Crippen LogP contribution in [-0.2, 0) is 4.74 Å². The summed E-state index contributed by atoms with van der Waals surface area (Å²) in [5.74, 6) is 4.56. The quantitative estimate of drug-likeness (QED) is 0.498. The predicted octanol–water partition coefficient (Wildman–Crippen LogP) is -0.807. The predicted molar refractivity (Wildman–Crippen MR) is 55.9 cm³/mol. The van der Waals surface area contributed by atoms with Crippen LogP contribution >= 0.6 is 0 Å². The Labute approximate surface area is 90.8 Å². The average molecular weight is 222 g/mol. The summed E-state index contributed by atoms with van der Waals surface area (Å²) in [6, 6.07) is 1.60. The number of anilines is 1. The Balaban J connectivity index is 3.44. The highest BCUT2D eigenvalue weighted by atomic mass is 16.5. The minimum atomic E-state index is -0.756. The van der Waals surface area contributed by atoms with Crippen LogP contribution in [0, 0.1) is 11.3 Å². The van der Waals surface area contributed by atoms with Gasteiger partial charge in [-0.1, -0.05) is 0 Å². The molecule has 0 bridgehead atoms. The Morgan fingerprint density at radius 1 is 1.69 bits per heavy atom. The number of nitrogens with zero attached hydrogens (tertiary/aromatic N) is 2. The van der Waals surface area contributed by atoms with Crippen LogP contribution in [0.5, 0.6) is 0 Å². The van der Waals surface area contributed by atoms with Crippen LogP contribution < -0.4 is 17.1 Å². The average Bonchev–Trinajstić information content (AvgIpc) is 2.24. The smallest absolute Gasteiger partial charge is 0.341 e. The molecule has 0 amide bonds. The number of esters is 1. The van der Waals surface area contributed by atoms with Crippen molar-refractivity contribution < 1.29 is 9.53 Å². The van der Waals surface area contributed by atoms with E-state index in [1.54, 1.807) is 13.0 Å². The van der Waals surface area contributed by atoms with Crippen molar-refractivity contribution in [3.8, 4) is 6.07 Å². The standard InChI is InChI=1S/C9H10N4O3/c1-2-16-9(15)6-4-13(12)8(14)5(3-10)7(6)11/h4H,2,11-12H2,1H3. The van der Waals surface area contributed by atoms with Crippen molar-refractivity contribution in [3.05, 3.63) is 27.7 Å². The molecule has 0 aliphatic carbocycles. The third-order valence-electron chi connectivity index (χ3n) is 1.88. The van der Waals surface area contributed by atoms with Gasteiger partial charge in [-0.15, -0.1) is 0 Å². The van der Waals surface area contributed by atoms with E-state index in [-0.39, 0.29) is 23.4 Å². The van der Waals surface area contributed by atoms with Crippen molar-refractivity contribution in [2.75, 3.05) is 18.2 Å². The van der Waals surface area contributed by atoms with Gasteiger partial charge in [0, 0.05) is 6.20 Å². The first-order valence-corrected chi connectivity index (χ1v) is 4.40. The lowest BCUT2D eigenvalue weighted by atomic mass is 10.1. The molecule has 0 spiro atoms. The van der Waals surface area contributed by atoms with E-state index in [0.717, 1.165) is 6.20 Å². The van der Waals surface area contributed by atoms with Crippen molar-refractivity contribution >= 4 is 11.7 Å². The Kier molecular flexibility index (Phi) is 3.15. The molecule has 0 saturated heterocycles. The van der Waals surface area contributed by atoms with Crippen molar-refractivity contribution in [2.24, 2.45) is 0 Å². The lowest BCUT2D eigenvalue weighted by Crippen LogP contribution is -2.31. The molecule has 4 N–H and O–H groups in total. The maximum absolute atomic E-state index is 11.4. The second kappa shape index (κ2) is 4.35. The number of nitriles is 1. The molecule has 1 rings (SSSR count). The molecule has 84 valence electrons. The molecule has 7 nitrogen and oxygen atoms in total. The van der Waals surface area contributed by atoms with Gasteiger partial charge in [-0.25, -0.2) is 9.47 Å². The second-order valence-electron chi connectivity index (χ2n) is 2.88. The summed E-state index contributed by atoms with van der Waals surface area (Å²) < 4.78 is 5.33. The Hall–Kier alpha value is -2.49. The van der Waals surface area contributed by atoms with Crippen LogP contribution in [0.3, 0.4) is 0 Å². The molecular formula is C9H10N4O3. The largest absolute Gasteiger partial charge is 0.462 e. The maximum atomic E-state index is 11.4. The molecule has 7 heteroatoms. The molecule has 1 aromatic rings. The number of pyridine rings is 1. The number of hydrogen-bond donors (Lipinski definition) is 2. The fourth-order valence-electron chi connectivity index (χ4n) is 1.13. The molecule has 0 aliphatic rings. The number of carbonyl (C=O) groups excluding carboxylic acids is 1. The molecule has 0 saturated carbocycles. The fraction of sp³-hybridized carbons (Fsp3) is 0.222. The number of nitrogen functional groups attached to an aromatic ring is 2. The van der Waals surface area contributed by atoms with Crippen LogP contribution in [0.1, 0.15) is 22.8 Å². The third-order valence-corrected chi connectivity index (χ3v) is 1.88. The summed E-state index contributed by atoms with van der Waals surface area (Å²) in [4.78, 5) is 22.8. The zero-order valence-electron chi connectivity index (χ0n) is 8.56. The van der Waals surface area contributed by atoms with Gasteiger partial charge >= 0.3 is 5.97 Å². The molecule has 1 heterocycles. The minimum absolute atomic E-state index is 0.0968. The Morgan fingerprint density at radius 2 is 2.31 bits per heavy atom. The van der Waals surface area contributed by atoms with Crippen LogP contribution in [-0.4, -0.2) is 17.3 Å². The molecule has 0 unspecified atom stereocenters. The van der Waals surface area contributed by atoms with Gasteiger partial charge in [0.15, 0.2) is 0 Å². The van der Waals surface area contributed by atoms with Crippen LogP contribution in [0.2, 0.25) is 0 Å². The van der Waals surface area contributed by atoms with Gasteiger partial charge in [-0.2, -0.15) is 5.26 Å². The van der Waals surface area contributed by atoms with Gasteiger partial charge in [0.25, 0.3) is 5.56 Å². The molecule has 0 atom stereocenters. The summed E-state index contributed by atoms with van der Waals surface area (Å²) in [5.41, 5.74) is 4.07. The number of ether oxygens (including phenoxy) is 1. The van der Waals surface area contributed by atoms with Crippen LogP contribution in [0.4, 0.5) is 5.69 Å². The highest BCUT2D eigenvalue weighted by molar-refractivity contribution is 5.95. The van der Waals surface area contributed by atoms with Crippen LogP contribution in [0.25, 0.3) is 0 Å². The van der Waals surface area contributed by atoms with Gasteiger partial charge < -0.3 is 16.3 Å². The van der Waals surface area contributed by atoms with E-state index in [1.165, 1.54) is 0 Å². The van der Waals surface area contributed by atoms with E-state index >= 15 is 0 Å². The normalized spacial score (nSPS) is 9.50. The minimum Gasteiger partial charge on any atom is -0.462 e. The third kappa shape index (κ3) is 1.81.